The Balaban J connectivity index is 2.58. The summed E-state index contributed by atoms with van der Waals surface area (Å²) in [7, 11) is 0. The molecule has 2 nitrogen and oxygen atoms in total. The van der Waals surface area contributed by atoms with Gasteiger partial charge in [-0.2, -0.15) is 0 Å². The van der Waals surface area contributed by atoms with Crippen molar-refractivity contribution in [2.75, 3.05) is 6.61 Å². The van der Waals surface area contributed by atoms with Crippen molar-refractivity contribution >= 4 is 0 Å². The molecule has 19 heavy (non-hydrogen) atoms. The molecule has 0 aliphatic heterocycles. The largest absolute Gasteiger partial charge is 0.493 e. The number of hydrogen-bond donors (Lipinski definition) is 1. The molecule has 0 amide bonds. The molecule has 0 aliphatic carbocycles. The number of terminal acetylenes is 1. The first-order chi connectivity index (χ1) is 9.06. The molecule has 2 atom stereocenters. The smallest absolute Gasteiger partial charge is 0.119 e. The molecule has 0 heterocycles. The lowest BCUT2D eigenvalue weighted by molar-refractivity contribution is 0.271. The molecule has 0 saturated carbocycles. The van der Waals surface area contributed by atoms with Crippen molar-refractivity contribution in [3.63, 3.8) is 0 Å². The van der Waals surface area contributed by atoms with Crippen molar-refractivity contribution in [2.24, 2.45) is 5.92 Å². The molecule has 0 spiro atoms. The summed E-state index contributed by atoms with van der Waals surface area (Å²) >= 11 is 0. The standard InChI is InChI=1S/C17H25NO/c1-6-16(7-2)18-14(5)15-8-10-17(11-9-15)19-12-13(3)4/h1,8-11,13-14,16,18H,7,12H2,2-5H3. The highest BCUT2D eigenvalue weighted by atomic mass is 16.5. The fourth-order valence-corrected chi connectivity index (χ4v) is 1.80. The van der Waals surface area contributed by atoms with Gasteiger partial charge in [-0.1, -0.05) is 38.8 Å². The van der Waals surface area contributed by atoms with Gasteiger partial charge in [0.05, 0.1) is 12.6 Å². The van der Waals surface area contributed by atoms with Crippen LogP contribution < -0.4 is 10.1 Å². The third-order valence-corrected chi connectivity index (χ3v) is 3.02. The average Bonchev–Trinajstić information content (AvgIpc) is 2.42. The van der Waals surface area contributed by atoms with E-state index in [1.165, 1.54) is 5.56 Å². The summed E-state index contributed by atoms with van der Waals surface area (Å²) in [4.78, 5) is 0. The molecule has 1 rings (SSSR count). The van der Waals surface area contributed by atoms with Crippen LogP contribution in [-0.4, -0.2) is 12.6 Å². The van der Waals surface area contributed by atoms with Crippen molar-refractivity contribution in [3.8, 4) is 18.1 Å². The van der Waals surface area contributed by atoms with Crippen LogP contribution in [0.25, 0.3) is 0 Å². The van der Waals surface area contributed by atoms with Crippen LogP contribution >= 0.6 is 0 Å². The van der Waals surface area contributed by atoms with E-state index in [9.17, 15) is 0 Å². The maximum atomic E-state index is 5.67. The molecule has 0 radical (unpaired) electrons. The second-order valence-corrected chi connectivity index (χ2v) is 5.29. The molecule has 2 heteroatoms. The van der Waals surface area contributed by atoms with E-state index >= 15 is 0 Å². The van der Waals surface area contributed by atoms with Gasteiger partial charge < -0.3 is 4.74 Å². The minimum absolute atomic E-state index is 0.131. The van der Waals surface area contributed by atoms with E-state index in [0.29, 0.717) is 5.92 Å². The van der Waals surface area contributed by atoms with Crippen LogP contribution in [0.15, 0.2) is 24.3 Å². The Hall–Kier alpha value is -1.46. The van der Waals surface area contributed by atoms with Crippen molar-refractivity contribution < 1.29 is 4.74 Å². The summed E-state index contributed by atoms with van der Waals surface area (Å²) in [5.74, 6) is 4.23. The van der Waals surface area contributed by atoms with Crippen molar-refractivity contribution in [3.05, 3.63) is 29.8 Å². The Morgan fingerprint density at radius 1 is 1.21 bits per heavy atom. The summed E-state index contributed by atoms with van der Waals surface area (Å²) in [6.07, 6.45) is 6.41. The van der Waals surface area contributed by atoms with E-state index in [1.807, 2.05) is 12.1 Å². The summed E-state index contributed by atoms with van der Waals surface area (Å²) in [5.41, 5.74) is 1.23. The van der Waals surface area contributed by atoms with Crippen LogP contribution in [0.4, 0.5) is 0 Å². The predicted molar refractivity (Wildman–Crippen MR) is 81.2 cm³/mol. The molecule has 2 unspecified atom stereocenters. The SMILES string of the molecule is C#CC(CC)NC(C)c1ccc(OCC(C)C)cc1. The lowest BCUT2D eigenvalue weighted by atomic mass is 10.1. The Bertz CT molecular complexity index is 402. The van der Waals surface area contributed by atoms with Gasteiger partial charge in [0.25, 0.3) is 0 Å². The molecule has 0 aliphatic rings. The summed E-state index contributed by atoms with van der Waals surface area (Å²) in [6, 6.07) is 8.61. The maximum Gasteiger partial charge on any atom is 0.119 e. The van der Waals surface area contributed by atoms with Gasteiger partial charge in [0.2, 0.25) is 0 Å². The van der Waals surface area contributed by atoms with Crippen LogP contribution in [0.5, 0.6) is 5.75 Å². The molecule has 1 aromatic carbocycles. The lowest BCUT2D eigenvalue weighted by Gasteiger charge is -2.19. The third kappa shape index (κ3) is 5.36. The summed E-state index contributed by atoms with van der Waals surface area (Å²) < 4.78 is 5.67. The molecular weight excluding hydrogens is 234 g/mol. The summed E-state index contributed by atoms with van der Waals surface area (Å²) in [6.45, 7) is 9.26. The van der Waals surface area contributed by atoms with Crippen LogP contribution in [0.3, 0.4) is 0 Å². The Morgan fingerprint density at radius 3 is 2.32 bits per heavy atom. The van der Waals surface area contributed by atoms with E-state index in [2.05, 4.69) is 51.1 Å². The van der Waals surface area contributed by atoms with Crippen molar-refractivity contribution in [1.82, 2.24) is 5.32 Å². The first-order valence-electron chi connectivity index (χ1n) is 7.01. The van der Waals surface area contributed by atoms with E-state index in [-0.39, 0.29) is 12.1 Å². The number of rotatable bonds is 7. The molecule has 0 saturated heterocycles. The van der Waals surface area contributed by atoms with Crippen molar-refractivity contribution in [1.29, 1.82) is 0 Å². The fourth-order valence-electron chi connectivity index (χ4n) is 1.80. The van der Waals surface area contributed by atoms with Gasteiger partial charge in [-0.15, -0.1) is 6.42 Å². The maximum absolute atomic E-state index is 5.67. The van der Waals surface area contributed by atoms with Crippen molar-refractivity contribution in [2.45, 2.75) is 46.2 Å². The molecule has 1 N–H and O–H groups in total. The number of ether oxygens (including phenoxy) is 1. The number of hydrogen-bond acceptors (Lipinski definition) is 2. The van der Waals surface area contributed by atoms with E-state index in [0.717, 1.165) is 18.8 Å². The second kappa shape index (κ2) is 7.86. The van der Waals surface area contributed by atoms with Gasteiger partial charge >= 0.3 is 0 Å². The van der Waals surface area contributed by atoms with E-state index in [1.54, 1.807) is 0 Å². The molecule has 0 aromatic heterocycles. The Kier molecular flexibility index (Phi) is 6.45. The first-order valence-corrected chi connectivity index (χ1v) is 7.01. The Labute approximate surface area is 117 Å². The molecule has 1 aromatic rings. The van der Waals surface area contributed by atoms with Crippen LogP contribution in [0.1, 0.15) is 45.7 Å². The lowest BCUT2D eigenvalue weighted by Crippen LogP contribution is -2.29. The van der Waals surface area contributed by atoms with Gasteiger partial charge in [-0.05, 0) is 37.0 Å². The Morgan fingerprint density at radius 2 is 1.84 bits per heavy atom. The molecule has 0 fully saturated rings. The van der Waals surface area contributed by atoms with Gasteiger partial charge in [0, 0.05) is 6.04 Å². The van der Waals surface area contributed by atoms with Crippen LogP contribution in [0.2, 0.25) is 0 Å². The van der Waals surface area contributed by atoms with E-state index in [4.69, 9.17) is 11.2 Å². The highest BCUT2D eigenvalue weighted by Crippen LogP contribution is 2.18. The molecular formula is C17H25NO. The van der Waals surface area contributed by atoms with Gasteiger partial charge in [0.15, 0.2) is 0 Å². The average molecular weight is 259 g/mol. The quantitative estimate of drug-likeness (QED) is 0.752. The van der Waals surface area contributed by atoms with E-state index < -0.39 is 0 Å². The van der Waals surface area contributed by atoms with Gasteiger partial charge in [-0.25, -0.2) is 0 Å². The minimum Gasteiger partial charge on any atom is -0.493 e. The first kappa shape index (κ1) is 15.6. The zero-order chi connectivity index (χ0) is 14.3. The highest BCUT2D eigenvalue weighted by Gasteiger charge is 2.09. The number of nitrogens with one attached hydrogen (secondary N) is 1. The molecule has 0 bridgehead atoms. The number of benzene rings is 1. The van der Waals surface area contributed by atoms with Crippen LogP contribution in [0, 0.1) is 18.3 Å². The van der Waals surface area contributed by atoms with Crippen LogP contribution in [-0.2, 0) is 0 Å². The molecule has 104 valence electrons. The minimum atomic E-state index is 0.131. The predicted octanol–water partition coefficient (Wildman–Crippen LogP) is 3.78. The fraction of sp³-hybridized carbons (Fsp3) is 0.529. The topological polar surface area (TPSA) is 21.3 Å². The normalized spacial score (nSPS) is 13.9. The van der Waals surface area contributed by atoms with Gasteiger partial charge in [-0.3, -0.25) is 5.32 Å². The zero-order valence-corrected chi connectivity index (χ0v) is 12.4. The zero-order valence-electron chi connectivity index (χ0n) is 12.4. The monoisotopic (exact) mass is 259 g/mol. The van der Waals surface area contributed by atoms with Gasteiger partial charge in [0.1, 0.15) is 5.75 Å². The highest BCUT2D eigenvalue weighted by molar-refractivity contribution is 5.29. The second-order valence-electron chi connectivity index (χ2n) is 5.29. The summed E-state index contributed by atoms with van der Waals surface area (Å²) in [5, 5.41) is 3.43. The third-order valence-electron chi connectivity index (χ3n) is 3.02.